The highest BCUT2D eigenvalue weighted by Gasteiger charge is 2.36. The van der Waals surface area contributed by atoms with Gasteiger partial charge in [0.05, 0.1) is 5.41 Å². The number of nitrogens with zero attached hydrogens (tertiary/aromatic N) is 1. The highest BCUT2D eigenvalue weighted by Crippen LogP contribution is 2.24. The molecule has 2 aliphatic rings. The van der Waals surface area contributed by atoms with Gasteiger partial charge in [0.25, 0.3) is 0 Å². The van der Waals surface area contributed by atoms with Crippen molar-refractivity contribution >= 4 is 30.7 Å². The summed E-state index contributed by atoms with van der Waals surface area (Å²) in [5, 5.41) is 6.38. The van der Waals surface area contributed by atoms with E-state index in [-0.39, 0.29) is 36.1 Å². The lowest BCUT2D eigenvalue weighted by Crippen LogP contribution is -2.42. The van der Waals surface area contributed by atoms with Crippen LogP contribution in [0.2, 0.25) is 0 Å². The molecule has 2 N–H and O–H groups in total. The maximum Gasteiger partial charge on any atom is 0.227 e. The summed E-state index contributed by atoms with van der Waals surface area (Å²) in [7, 11) is 2.14. The zero-order valence-electron chi connectivity index (χ0n) is 11.2. The van der Waals surface area contributed by atoms with Crippen molar-refractivity contribution in [2.75, 3.05) is 39.8 Å². The second-order valence-corrected chi connectivity index (χ2v) is 5.61. The second kappa shape index (κ2) is 7.53. The molecule has 0 spiro atoms. The number of carbonyl (C=O) groups excluding carboxylic acids is 1. The summed E-state index contributed by atoms with van der Waals surface area (Å²) in [6.07, 6.45) is 2.18. The third-order valence-corrected chi connectivity index (χ3v) is 3.96. The summed E-state index contributed by atoms with van der Waals surface area (Å²) >= 11 is 0. The lowest BCUT2D eigenvalue weighted by molar-refractivity contribution is -0.129. The minimum Gasteiger partial charge on any atom is -0.355 e. The van der Waals surface area contributed by atoms with Gasteiger partial charge in [-0.2, -0.15) is 0 Å². The Morgan fingerprint density at radius 3 is 2.72 bits per heavy atom. The number of carbonyl (C=O) groups is 1. The molecule has 108 valence electrons. The highest BCUT2D eigenvalue weighted by atomic mass is 35.5. The zero-order chi connectivity index (χ0) is 11.6. The van der Waals surface area contributed by atoms with E-state index in [1.165, 1.54) is 13.0 Å². The average molecular weight is 298 g/mol. The van der Waals surface area contributed by atoms with Crippen molar-refractivity contribution in [1.29, 1.82) is 0 Å². The summed E-state index contributed by atoms with van der Waals surface area (Å²) in [5.41, 5.74) is -0.176. The highest BCUT2D eigenvalue weighted by molar-refractivity contribution is 5.85. The summed E-state index contributed by atoms with van der Waals surface area (Å²) in [5.74, 6) is 0.874. The molecular formula is C12H25Cl2N3O. The Labute approximate surface area is 122 Å². The first-order chi connectivity index (χ1) is 7.60. The van der Waals surface area contributed by atoms with Gasteiger partial charge in [0.1, 0.15) is 0 Å². The van der Waals surface area contributed by atoms with Gasteiger partial charge < -0.3 is 15.5 Å². The van der Waals surface area contributed by atoms with Crippen molar-refractivity contribution in [3.05, 3.63) is 0 Å². The van der Waals surface area contributed by atoms with Crippen LogP contribution in [-0.4, -0.2) is 50.6 Å². The number of halogens is 2. The first-order valence-corrected chi connectivity index (χ1v) is 6.28. The van der Waals surface area contributed by atoms with Crippen LogP contribution in [0.25, 0.3) is 0 Å². The Hall–Kier alpha value is -0.0300. The van der Waals surface area contributed by atoms with Gasteiger partial charge in [-0.3, -0.25) is 4.79 Å². The standard InChI is InChI=1S/C12H23N3O.2ClH/c1-12(4-5-13-9-12)11(16)14-7-10-3-6-15(2)8-10;;/h10,13H,3-9H2,1-2H3,(H,14,16);2*1H. The molecule has 1 amide bonds. The van der Waals surface area contributed by atoms with E-state index in [0.717, 1.165) is 32.6 Å². The zero-order valence-corrected chi connectivity index (χ0v) is 12.8. The summed E-state index contributed by atoms with van der Waals surface area (Å²) in [6.45, 7) is 6.98. The van der Waals surface area contributed by atoms with E-state index >= 15 is 0 Å². The number of nitrogens with one attached hydrogen (secondary N) is 2. The van der Waals surface area contributed by atoms with Crippen LogP contribution in [0.15, 0.2) is 0 Å². The molecule has 0 aromatic carbocycles. The van der Waals surface area contributed by atoms with Crippen LogP contribution in [-0.2, 0) is 4.79 Å². The Morgan fingerprint density at radius 1 is 1.50 bits per heavy atom. The lowest BCUT2D eigenvalue weighted by Gasteiger charge is -2.22. The van der Waals surface area contributed by atoms with Crippen LogP contribution in [0.4, 0.5) is 0 Å². The fraction of sp³-hybridized carbons (Fsp3) is 0.917. The van der Waals surface area contributed by atoms with Crippen molar-refractivity contribution < 1.29 is 4.79 Å². The third-order valence-electron chi connectivity index (χ3n) is 3.96. The summed E-state index contributed by atoms with van der Waals surface area (Å²) < 4.78 is 0. The predicted molar refractivity (Wildman–Crippen MR) is 78.7 cm³/mol. The van der Waals surface area contributed by atoms with E-state index in [4.69, 9.17) is 0 Å². The van der Waals surface area contributed by atoms with Crippen molar-refractivity contribution in [2.45, 2.75) is 19.8 Å². The third kappa shape index (κ3) is 4.26. The van der Waals surface area contributed by atoms with Crippen LogP contribution >= 0.6 is 24.8 Å². The van der Waals surface area contributed by atoms with Crippen molar-refractivity contribution in [2.24, 2.45) is 11.3 Å². The molecule has 2 heterocycles. The number of rotatable bonds is 3. The average Bonchev–Trinajstić information content (AvgIpc) is 2.85. The molecule has 0 radical (unpaired) electrons. The Bertz CT molecular complexity index is 270. The molecule has 6 heteroatoms. The van der Waals surface area contributed by atoms with Gasteiger partial charge in [0.15, 0.2) is 0 Å². The fourth-order valence-electron chi connectivity index (χ4n) is 2.65. The van der Waals surface area contributed by atoms with E-state index in [1.54, 1.807) is 0 Å². The molecule has 2 aliphatic heterocycles. The monoisotopic (exact) mass is 297 g/mol. The predicted octanol–water partition coefficient (Wildman–Crippen LogP) is 0.897. The quantitative estimate of drug-likeness (QED) is 0.813. The van der Waals surface area contributed by atoms with Crippen LogP contribution < -0.4 is 10.6 Å². The number of likely N-dealkylation sites (tertiary alicyclic amines) is 1. The lowest BCUT2D eigenvalue weighted by atomic mass is 9.88. The molecule has 2 unspecified atom stereocenters. The van der Waals surface area contributed by atoms with E-state index in [0.29, 0.717) is 5.92 Å². The fourth-order valence-corrected chi connectivity index (χ4v) is 2.65. The number of hydrogen-bond donors (Lipinski definition) is 2. The van der Waals surface area contributed by atoms with E-state index in [2.05, 4.69) is 29.5 Å². The minimum atomic E-state index is -0.176. The number of amides is 1. The van der Waals surface area contributed by atoms with Gasteiger partial charge in [0, 0.05) is 19.6 Å². The molecule has 0 bridgehead atoms. The molecule has 2 saturated heterocycles. The first-order valence-electron chi connectivity index (χ1n) is 6.28. The summed E-state index contributed by atoms with van der Waals surface area (Å²) in [4.78, 5) is 14.4. The van der Waals surface area contributed by atoms with Crippen molar-refractivity contribution in [3.63, 3.8) is 0 Å². The van der Waals surface area contributed by atoms with Gasteiger partial charge in [-0.25, -0.2) is 0 Å². The normalized spacial score (nSPS) is 31.6. The van der Waals surface area contributed by atoms with Crippen LogP contribution in [0, 0.1) is 11.3 Å². The Balaban J connectivity index is 0.00000144. The molecule has 4 nitrogen and oxygen atoms in total. The van der Waals surface area contributed by atoms with E-state index in [9.17, 15) is 4.79 Å². The van der Waals surface area contributed by atoms with E-state index < -0.39 is 0 Å². The molecular weight excluding hydrogens is 273 g/mol. The molecule has 2 fully saturated rings. The molecule has 0 aliphatic carbocycles. The smallest absolute Gasteiger partial charge is 0.227 e. The van der Waals surface area contributed by atoms with Gasteiger partial charge in [0.2, 0.25) is 5.91 Å². The Kier molecular flexibility index (Phi) is 7.52. The Morgan fingerprint density at radius 2 is 2.22 bits per heavy atom. The molecule has 0 aromatic heterocycles. The van der Waals surface area contributed by atoms with Crippen molar-refractivity contribution in [3.8, 4) is 0 Å². The molecule has 18 heavy (non-hydrogen) atoms. The largest absolute Gasteiger partial charge is 0.355 e. The maximum atomic E-state index is 12.0. The van der Waals surface area contributed by atoms with Crippen LogP contribution in [0.3, 0.4) is 0 Å². The van der Waals surface area contributed by atoms with E-state index in [1.807, 2.05) is 0 Å². The number of hydrogen-bond acceptors (Lipinski definition) is 3. The van der Waals surface area contributed by atoms with Gasteiger partial charge >= 0.3 is 0 Å². The van der Waals surface area contributed by atoms with Crippen LogP contribution in [0.5, 0.6) is 0 Å². The van der Waals surface area contributed by atoms with Gasteiger partial charge in [-0.15, -0.1) is 24.8 Å². The molecule has 0 saturated carbocycles. The van der Waals surface area contributed by atoms with Gasteiger partial charge in [-0.1, -0.05) is 0 Å². The summed E-state index contributed by atoms with van der Waals surface area (Å²) in [6, 6.07) is 0. The minimum absolute atomic E-state index is 0. The molecule has 0 aromatic rings. The van der Waals surface area contributed by atoms with Gasteiger partial charge in [-0.05, 0) is 45.8 Å². The van der Waals surface area contributed by atoms with Crippen molar-refractivity contribution in [1.82, 2.24) is 15.5 Å². The molecule has 2 rings (SSSR count). The van der Waals surface area contributed by atoms with Crippen LogP contribution in [0.1, 0.15) is 19.8 Å². The SMILES string of the molecule is CN1CCC(CNC(=O)C2(C)CCNC2)C1.Cl.Cl. The topological polar surface area (TPSA) is 44.4 Å². The maximum absolute atomic E-state index is 12.0. The second-order valence-electron chi connectivity index (χ2n) is 5.61. The first kappa shape index (κ1) is 18.0. The molecule has 2 atom stereocenters.